The highest BCUT2D eigenvalue weighted by atomic mass is 15.0. The lowest BCUT2D eigenvalue weighted by molar-refractivity contribution is 0.922. The summed E-state index contributed by atoms with van der Waals surface area (Å²) in [7, 11) is 2.19. The monoisotopic (exact) mass is 347 g/mol. The molecule has 0 amide bonds. The highest BCUT2D eigenvalue weighted by Gasteiger charge is 2.26. The normalized spacial score (nSPS) is 12.7. The van der Waals surface area contributed by atoms with Gasteiger partial charge in [-0.2, -0.15) is 0 Å². The zero-order chi connectivity index (χ0) is 18.2. The van der Waals surface area contributed by atoms with Crippen LogP contribution in [-0.4, -0.2) is 4.57 Å². The van der Waals surface area contributed by atoms with Gasteiger partial charge in [-0.05, 0) is 33.9 Å². The van der Waals surface area contributed by atoms with Crippen LogP contribution in [-0.2, 0) is 13.5 Å². The van der Waals surface area contributed by atoms with Crippen molar-refractivity contribution in [1.82, 2.24) is 4.57 Å². The zero-order valence-corrected chi connectivity index (χ0v) is 15.4. The molecule has 0 fully saturated rings. The Labute approximate surface area is 160 Å². The van der Waals surface area contributed by atoms with Crippen LogP contribution in [0.5, 0.6) is 0 Å². The van der Waals surface area contributed by atoms with Crippen molar-refractivity contribution in [2.24, 2.45) is 7.05 Å². The summed E-state index contributed by atoms with van der Waals surface area (Å²) >= 11 is 0. The Morgan fingerprint density at radius 3 is 1.74 bits per heavy atom. The Morgan fingerprint density at radius 2 is 1.15 bits per heavy atom. The van der Waals surface area contributed by atoms with Crippen LogP contribution >= 0.6 is 0 Å². The molecule has 0 atom stereocenters. The lowest BCUT2D eigenvalue weighted by Gasteiger charge is -2.11. The van der Waals surface area contributed by atoms with E-state index in [-0.39, 0.29) is 0 Å². The molecule has 4 aromatic rings. The van der Waals surface area contributed by atoms with Crippen molar-refractivity contribution in [3.63, 3.8) is 0 Å². The lowest BCUT2D eigenvalue weighted by atomic mass is 9.94. The lowest BCUT2D eigenvalue weighted by Crippen LogP contribution is -1.95. The van der Waals surface area contributed by atoms with Crippen molar-refractivity contribution in [2.75, 3.05) is 0 Å². The van der Waals surface area contributed by atoms with Gasteiger partial charge in [0.1, 0.15) is 0 Å². The third kappa shape index (κ3) is 2.63. The minimum Gasteiger partial charge on any atom is -0.343 e. The van der Waals surface area contributed by atoms with E-state index in [2.05, 4.69) is 109 Å². The zero-order valence-electron chi connectivity index (χ0n) is 15.4. The quantitative estimate of drug-likeness (QED) is 0.401. The van der Waals surface area contributed by atoms with Gasteiger partial charge < -0.3 is 4.57 Å². The van der Waals surface area contributed by atoms with E-state index >= 15 is 0 Å². The van der Waals surface area contributed by atoms with E-state index in [9.17, 15) is 0 Å². The second-order valence-corrected chi connectivity index (χ2v) is 7.09. The molecule has 3 aromatic carbocycles. The number of allylic oxidation sites excluding steroid dienone is 1. The maximum absolute atomic E-state index is 2.36. The summed E-state index contributed by atoms with van der Waals surface area (Å²) in [6.45, 7) is 0. The van der Waals surface area contributed by atoms with Gasteiger partial charge in [0.25, 0.3) is 0 Å². The predicted molar refractivity (Wildman–Crippen MR) is 114 cm³/mol. The molecule has 0 bridgehead atoms. The van der Waals surface area contributed by atoms with E-state index in [1.54, 1.807) is 0 Å². The van der Waals surface area contributed by atoms with Crippen molar-refractivity contribution in [2.45, 2.75) is 6.42 Å². The molecule has 1 heteroatoms. The molecule has 1 heterocycles. The van der Waals surface area contributed by atoms with E-state index in [0.717, 1.165) is 6.42 Å². The fourth-order valence-corrected chi connectivity index (χ4v) is 4.22. The average molecular weight is 347 g/mol. The van der Waals surface area contributed by atoms with Crippen LogP contribution in [0, 0.1) is 0 Å². The number of aromatic nitrogens is 1. The number of fused-ring (bicyclic) bond motifs is 1. The molecule has 0 aliphatic heterocycles. The summed E-state index contributed by atoms with van der Waals surface area (Å²) in [5, 5.41) is 0. The topological polar surface area (TPSA) is 4.93 Å². The maximum atomic E-state index is 2.36. The fraction of sp³-hybridized carbons (Fsp3) is 0.0769. The van der Waals surface area contributed by atoms with Gasteiger partial charge in [-0.25, -0.2) is 0 Å². The molecule has 1 aromatic heterocycles. The van der Waals surface area contributed by atoms with Crippen LogP contribution < -0.4 is 0 Å². The molecule has 27 heavy (non-hydrogen) atoms. The Bertz CT molecular complexity index is 1120. The summed E-state index contributed by atoms with van der Waals surface area (Å²) in [6.07, 6.45) is 3.34. The largest absolute Gasteiger partial charge is 0.343 e. The molecule has 1 nitrogen and oxygen atoms in total. The van der Waals surface area contributed by atoms with Crippen molar-refractivity contribution in [1.29, 1.82) is 0 Å². The maximum Gasteiger partial charge on any atom is 0.0565 e. The van der Waals surface area contributed by atoms with E-state index in [0.29, 0.717) is 0 Å². The molecular formula is C26H21N. The van der Waals surface area contributed by atoms with Gasteiger partial charge in [0.2, 0.25) is 0 Å². The fourth-order valence-electron chi connectivity index (χ4n) is 4.22. The minimum absolute atomic E-state index is 0.976. The number of hydrogen-bond donors (Lipinski definition) is 0. The van der Waals surface area contributed by atoms with Crippen molar-refractivity contribution < 1.29 is 0 Å². The second-order valence-electron chi connectivity index (χ2n) is 7.09. The highest BCUT2D eigenvalue weighted by Crippen LogP contribution is 2.44. The van der Waals surface area contributed by atoms with Gasteiger partial charge >= 0.3 is 0 Å². The van der Waals surface area contributed by atoms with Crippen LogP contribution in [0.3, 0.4) is 0 Å². The minimum atomic E-state index is 0.976. The molecule has 0 saturated carbocycles. The first-order chi connectivity index (χ1) is 13.3. The highest BCUT2D eigenvalue weighted by molar-refractivity contribution is 5.96. The predicted octanol–water partition coefficient (Wildman–Crippen LogP) is 6.46. The van der Waals surface area contributed by atoms with E-state index in [1.165, 1.54) is 44.8 Å². The summed E-state index contributed by atoms with van der Waals surface area (Å²) in [5.41, 5.74) is 10.7. The summed E-state index contributed by atoms with van der Waals surface area (Å²) < 4.78 is 2.36. The summed E-state index contributed by atoms with van der Waals surface area (Å²) in [6, 6.07) is 32.3. The molecule has 1 aliphatic rings. The third-order valence-corrected chi connectivity index (χ3v) is 5.48. The molecular weight excluding hydrogens is 326 g/mol. The van der Waals surface area contributed by atoms with E-state index in [4.69, 9.17) is 0 Å². The summed E-state index contributed by atoms with van der Waals surface area (Å²) in [5.74, 6) is 0. The van der Waals surface area contributed by atoms with Crippen molar-refractivity contribution in [3.05, 3.63) is 108 Å². The Morgan fingerprint density at radius 1 is 0.630 bits per heavy atom. The first kappa shape index (κ1) is 15.9. The molecule has 1 aliphatic carbocycles. The van der Waals surface area contributed by atoms with E-state index < -0.39 is 0 Å². The number of nitrogens with zero attached hydrogens (tertiary/aromatic N) is 1. The van der Waals surface area contributed by atoms with E-state index in [1.807, 2.05) is 0 Å². The molecule has 0 spiro atoms. The SMILES string of the molecule is Cn1c2c(c(-c3ccccc3)c1-c1ccccc1)CC(c1ccccc1)=C2. The Balaban J connectivity index is 1.73. The number of rotatable bonds is 3. The van der Waals surface area contributed by atoms with Gasteiger partial charge in [0.05, 0.1) is 5.69 Å². The molecule has 0 saturated heterocycles. The van der Waals surface area contributed by atoms with Gasteiger partial charge in [-0.3, -0.25) is 0 Å². The van der Waals surface area contributed by atoms with Gasteiger partial charge in [0.15, 0.2) is 0 Å². The molecule has 0 radical (unpaired) electrons. The molecule has 0 N–H and O–H groups in total. The Kier molecular flexibility index (Phi) is 3.79. The molecule has 130 valence electrons. The van der Waals surface area contributed by atoms with Crippen LogP contribution in [0.4, 0.5) is 0 Å². The van der Waals surface area contributed by atoms with Gasteiger partial charge in [-0.1, -0.05) is 91.0 Å². The van der Waals surface area contributed by atoms with Crippen LogP contribution in [0.15, 0.2) is 91.0 Å². The number of hydrogen-bond acceptors (Lipinski definition) is 0. The summed E-state index contributed by atoms with van der Waals surface area (Å²) in [4.78, 5) is 0. The molecule has 0 unspecified atom stereocenters. The number of benzene rings is 3. The average Bonchev–Trinajstić information content (AvgIpc) is 3.28. The standard InChI is InChI=1S/C26H21N/c1-27-24-18-22(19-11-5-2-6-12-19)17-23(24)25(20-13-7-3-8-14-20)26(27)21-15-9-4-10-16-21/h2-16,18H,17H2,1H3. The first-order valence-corrected chi connectivity index (χ1v) is 9.41. The Hall–Kier alpha value is -3.32. The van der Waals surface area contributed by atoms with Crippen LogP contribution in [0.1, 0.15) is 16.8 Å². The molecule has 5 rings (SSSR count). The van der Waals surface area contributed by atoms with Crippen molar-refractivity contribution >= 4 is 11.6 Å². The van der Waals surface area contributed by atoms with Crippen molar-refractivity contribution in [3.8, 4) is 22.4 Å². The van der Waals surface area contributed by atoms with Crippen LogP contribution in [0.2, 0.25) is 0 Å². The second kappa shape index (κ2) is 6.44. The first-order valence-electron chi connectivity index (χ1n) is 9.41. The smallest absolute Gasteiger partial charge is 0.0565 e. The van der Waals surface area contributed by atoms with Gasteiger partial charge in [-0.15, -0.1) is 0 Å². The van der Waals surface area contributed by atoms with Crippen LogP contribution in [0.25, 0.3) is 34.0 Å². The third-order valence-electron chi connectivity index (χ3n) is 5.48. The van der Waals surface area contributed by atoms with Gasteiger partial charge in [0, 0.05) is 24.7 Å².